The summed E-state index contributed by atoms with van der Waals surface area (Å²) in [4.78, 5) is 11.9. The van der Waals surface area contributed by atoms with Crippen molar-refractivity contribution in [3.63, 3.8) is 0 Å². The Morgan fingerprint density at radius 1 is 1.04 bits per heavy atom. The topological polar surface area (TPSA) is 66.9 Å². The van der Waals surface area contributed by atoms with E-state index >= 15 is 0 Å². The first-order valence-electron chi connectivity index (χ1n) is 7.66. The average Bonchev–Trinajstić information content (AvgIpc) is 3.08. The van der Waals surface area contributed by atoms with Crippen LogP contribution in [0, 0.1) is 0 Å². The monoisotopic (exact) mass is 410 g/mol. The number of rotatable bonds is 6. The van der Waals surface area contributed by atoms with Crippen molar-refractivity contribution in [1.82, 2.24) is 10.2 Å². The number of anilines is 3. The van der Waals surface area contributed by atoms with Crippen LogP contribution in [0.4, 0.5) is 29.7 Å². The molecule has 0 aliphatic rings. The number of para-hydroxylation sites is 2. The Bertz CT molecular complexity index is 916. The molecule has 5 nitrogen and oxygen atoms in total. The Morgan fingerprint density at radius 2 is 1.74 bits per heavy atom. The van der Waals surface area contributed by atoms with Gasteiger partial charge in [0.25, 0.3) is 0 Å². The highest BCUT2D eigenvalue weighted by atomic mass is 32.2. The SMILES string of the molecule is O=C(CSc1nnc(Nc2ccccc2C(F)(F)F)s1)Nc1ccccc1. The first kappa shape index (κ1) is 19.2. The Balaban J connectivity index is 1.59. The zero-order valence-electron chi connectivity index (χ0n) is 13.7. The summed E-state index contributed by atoms with van der Waals surface area (Å²) in [6.07, 6.45) is -4.47. The number of benzene rings is 2. The van der Waals surface area contributed by atoms with Crippen LogP contribution in [0.25, 0.3) is 0 Å². The first-order chi connectivity index (χ1) is 12.9. The lowest BCUT2D eigenvalue weighted by Gasteiger charge is -2.12. The molecular weight excluding hydrogens is 397 g/mol. The first-order valence-corrected chi connectivity index (χ1v) is 9.46. The van der Waals surface area contributed by atoms with Gasteiger partial charge < -0.3 is 10.6 Å². The summed E-state index contributed by atoms with van der Waals surface area (Å²) in [5, 5.41) is 13.3. The fourth-order valence-electron chi connectivity index (χ4n) is 2.12. The second-order valence-corrected chi connectivity index (χ2v) is 7.44. The number of carbonyl (C=O) groups excluding carboxylic acids is 1. The van der Waals surface area contributed by atoms with Crippen molar-refractivity contribution in [2.75, 3.05) is 16.4 Å². The van der Waals surface area contributed by atoms with E-state index in [1.54, 1.807) is 12.1 Å². The van der Waals surface area contributed by atoms with E-state index in [0.29, 0.717) is 10.0 Å². The van der Waals surface area contributed by atoms with Gasteiger partial charge in [-0.1, -0.05) is 53.4 Å². The third kappa shape index (κ3) is 5.44. The molecule has 1 amide bonds. The second kappa shape index (κ2) is 8.40. The van der Waals surface area contributed by atoms with Crippen molar-refractivity contribution in [1.29, 1.82) is 0 Å². The van der Waals surface area contributed by atoms with Crippen molar-refractivity contribution in [3.05, 3.63) is 60.2 Å². The number of aromatic nitrogens is 2. The summed E-state index contributed by atoms with van der Waals surface area (Å²) >= 11 is 2.24. The molecule has 140 valence electrons. The molecule has 27 heavy (non-hydrogen) atoms. The molecule has 0 fully saturated rings. The number of nitrogens with zero attached hydrogens (tertiary/aromatic N) is 2. The van der Waals surface area contributed by atoms with E-state index in [9.17, 15) is 18.0 Å². The van der Waals surface area contributed by atoms with Gasteiger partial charge in [0.05, 0.1) is 17.0 Å². The van der Waals surface area contributed by atoms with Gasteiger partial charge in [-0.05, 0) is 24.3 Å². The Labute approximate surface area is 161 Å². The minimum Gasteiger partial charge on any atom is -0.330 e. The molecule has 2 N–H and O–H groups in total. The lowest BCUT2D eigenvalue weighted by atomic mass is 10.2. The second-order valence-electron chi connectivity index (χ2n) is 5.24. The van der Waals surface area contributed by atoms with Gasteiger partial charge in [0.1, 0.15) is 0 Å². The molecular formula is C17H13F3N4OS2. The van der Waals surface area contributed by atoms with E-state index in [0.717, 1.165) is 29.2 Å². The van der Waals surface area contributed by atoms with Crippen LogP contribution in [0.3, 0.4) is 0 Å². The molecule has 0 saturated heterocycles. The predicted octanol–water partition coefficient (Wildman–Crippen LogP) is 5.03. The van der Waals surface area contributed by atoms with Crippen molar-refractivity contribution in [3.8, 4) is 0 Å². The Hall–Kier alpha value is -2.59. The van der Waals surface area contributed by atoms with Crippen LogP contribution < -0.4 is 10.6 Å². The van der Waals surface area contributed by atoms with Crippen molar-refractivity contribution < 1.29 is 18.0 Å². The number of hydrogen-bond acceptors (Lipinski definition) is 6. The molecule has 0 unspecified atom stereocenters. The number of carbonyl (C=O) groups is 1. The third-order valence-electron chi connectivity index (χ3n) is 3.26. The van der Waals surface area contributed by atoms with Gasteiger partial charge in [0, 0.05) is 5.69 Å². The molecule has 0 spiro atoms. The molecule has 3 rings (SSSR count). The van der Waals surface area contributed by atoms with E-state index in [2.05, 4.69) is 20.8 Å². The fourth-order valence-corrected chi connectivity index (χ4v) is 3.68. The minimum absolute atomic E-state index is 0.0977. The molecule has 1 aromatic heterocycles. The van der Waals surface area contributed by atoms with Crippen LogP contribution >= 0.6 is 23.1 Å². The molecule has 2 aromatic carbocycles. The quantitative estimate of drug-likeness (QED) is 0.558. The maximum absolute atomic E-state index is 13.0. The third-order valence-corrected chi connectivity index (χ3v) is 5.24. The maximum atomic E-state index is 13.0. The van der Waals surface area contributed by atoms with Crippen molar-refractivity contribution in [2.45, 2.75) is 10.5 Å². The van der Waals surface area contributed by atoms with Crippen LogP contribution in [0.15, 0.2) is 58.9 Å². The number of hydrogen-bond donors (Lipinski definition) is 2. The van der Waals surface area contributed by atoms with Crippen molar-refractivity contribution in [2.24, 2.45) is 0 Å². The number of alkyl halides is 3. The van der Waals surface area contributed by atoms with Gasteiger partial charge in [-0.15, -0.1) is 10.2 Å². The normalized spacial score (nSPS) is 11.2. The number of nitrogens with one attached hydrogen (secondary N) is 2. The molecule has 3 aromatic rings. The summed E-state index contributed by atoms with van der Waals surface area (Å²) in [5.74, 6) is -0.0961. The van der Waals surface area contributed by atoms with E-state index in [-0.39, 0.29) is 22.5 Å². The van der Waals surface area contributed by atoms with Crippen molar-refractivity contribution >= 4 is 45.5 Å². The lowest BCUT2D eigenvalue weighted by molar-refractivity contribution is -0.136. The van der Waals surface area contributed by atoms with Crippen LogP contribution in [-0.4, -0.2) is 21.9 Å². The zero-order chi connectivity index (χ0) is 19.3. The van der Waals surface area contributed by atoms with E-state index in [1.165, 1.54) is 18.2 Å². The van der Waals surface area contributed by atoms with E-state index in [4.69, 9.17) is 0 Å². The van der Waals surface area contributed by atoms with Gasteiger partial charge in [-0.2, -0.15) is 13.2 Å². The lowest BCUT2D eigenvalue weighted by Crippen LogP contribution is -2.13. The maximum Gasteiger partial charge on any atom is 0.418 e. The molecule has 0 aliphatic heterocycles. The van der Waals surface area contributed by atoms with Gasteiger partial charge in [0.2, 0.25) is 11.0 Å². The molecule has 0 radical (unpaired) electrons. The Kier molecular flexibility index (Phi) is 5.97. The summed E-state index contributed by atoms with van der Waals surface area (Å²) in [6, 6.07) is 14.1. The summed E-state index contributed by atoms with van der Waals surface area (Å²) in [6.45, 7) is 0. The predicted molar refractivity (Wildman–Crippen MR) is 100 cm³/mol. The molecule has 10 heteroatoms. The molecule has 0 atom stereocenters. The Morgan fingerprint density at radius 3 is 2.48 bits per heavy atom. The molecule has 1 heterocycles. The van der Waals surface area contributed by atoms with Gasteiger partial charge in [-0.3, -0.25) is 4.79 Å². The largest absolute Gasteiger partial charge is 0.418 e. The highest BCUT2D eigenvalue weighted by molar-refractivity contribution is 8.01. The van der Waals surface area contributed by atoms with Crippen LogP contribution in [0.1, 0.15) is 5.56 Å². The molecule has 0 saturated carbocycles. The van der Waals surface area contributed by atoms with Crippen LogP contribution in [0.2, 0.25) is 0 Å². The minimum atomic E-state index is -4.47. The molecule has 0 bridgehead atoms. The van der Waals surface area contributed by atoms with Crippen LogP contribution in [-0.2, 0) is 11.0 Å². The van der Waals surface area contributed by atoms with E-state index in [1.807, 2.05) is 18.2 Å². The fraction of sp³-hybridized carbons (Fsp3) is 0.118. The highest BCUT2D eigenvalue weighted by Crippen LogP contribution is 2.36. The standard InChI is InChI=1S/C17H13F3N4OS2/c18-17(19,20)12-8-4-5-9-13(12)22-15-23-24-16(27-15)26-10-14(25)21-11-6-2-1-3-7-11/h1-9H,10H2,(H,21,25)(H,22,23). The van der Waals surface area contributed by atoms with Crippen LogP contribution in [0.5, 0.6) is 0 Å². The number of amides is 1. The summed E-state index contributed by atoms with van der Waals surface area (Å²) in [5.41, 5.74) is -0.192. The summed E-state index contributed by atoms with van der Waals surface area (Å²) in [7, 11) is 0. The number of thioether (sulfide) groups is 1. The molecule has 0 aliphatic carbocycles. The smallest absolute Gasteiger partial charge is 0.330 e. The highest BCUT2D eigenvalue weighted by Gasteiger charge is 2.33. The summed E-state index contributed by atoms with van der Waals surface area (Å²) < 4.78 is 39.5. The van der Waals surface area contributed by atoms with E-state index < -0.39 is 11.7 Å². The average molecular weight is 410 g/mol. The van der Waals surface area contributed by atoms with Gasteiger partial charge in [-0.25, -0.2) is 0 Å². The van der Waals surface area contributed by atoms with Gasteiger partial charge in [0.15, 0.2) is 4.34 Å². The van der Waals surface area contributed by atoms with Gasteiger partial charge >= 0.3 is 6.18 Å². The number of halogens is 3. The zero-order valence-corrected chi connectivity index (χ0v) is 15.3.